The van der Waals surface area contributed by atoms with Gasteiger partial charge in [0.05, 0.1) is 19.2 Å². The van der Waals surface area contributed by atoms with Gasteiger partial charge in [-0.1, -0.05) is 12.2 Å². The highest BCUT2D eigenvalue weighted by Gasteiger charge is 2.09. The van der Waals surface area contributed by atoms with Crippen molar-refractivity contribution in [3.8, 4) is 0 Å². The van der Waals surface area contributed by atoms with E-state index in [9.17, 15) is 9.59 Å². The summed E-state index contributed by atoms with van der Waals surface area (Å²) in [6, 6.07) is 6.53. The van der Waals surface area contributed by atoms with Gasteiger partial charge < -0.3 is 10.1 Å². The lowest BCUT2D eigenvalue weighted by atomic mass is 10.2. The van der Waals surface area contributed by atoms with Gasteiger partial charge in [0.2, 0.25) is 5.91 Å². The number of nitrogens with one attached hydrogen (secondary N) is 1. The summed E-state index contributed by atoms with van der Waals surface area (Å²) in [7, 11) is 1.33. The van der Waals surface area contributed by atoms with Crippen molar-refractivity contribution in [2.24, 2.45) is 0 Å². The molecule has 1 amide bonds. The number of benzene rings is 1. The first-order chi connectivity index (χ1) is 10.1. The molecule has 1 aromatic carbocycles. The van der Waals surface area contributed by atoms with Gasteiger partial charge in [-0.2, -0.15) is 0 Å². The number of hydrogen-bond acceptors (Lipinski definition) is 4. The summed E-state index contributed by atoms with van der Waals surface area (Å²) in [5.41, 5.74) is 1.07. The molecule has 1 rings (SSSR count). The molecule has 5 nitrogen and oxygen atoms in total. The van der Waals surface area contributed by atoms with Crippen LogP contribution in [0.3, 0.4) is 0 Å². The number of hydrogen-bond donors (Lipinski definition) is 1. The topological polar surface area (TPSA) is 58.6 Å². The normalized spacial score (nSPS) is 10.0. The second-order valence-corrected chi connectivity index (χ2v) is 4.39. The van der Waals surface area contributed by atoms with Crippen LogP contribution < -0.4 is 5.32 Å². The molecule has 0 aliphatic heterocycles. The lowest BCUT2D eigenvalue weighted by molar-refractivity contribution is -0.117. The SMILES string of the molecule is C=CCN(CC=C)CC(=O)Nc1ccc(C(=O)OC)cc1. The number of nitrogens with zero attached hydrogens (tertiary/aromatic N) is 1. The molecule has 0 aliphatic carbocycles. The molecular formula is C16H20N2O3. The van der Waals surface area contributed by atoms with Gasteiger partial charge >= 0.3 is 5.97 Å². The third kappa shape index (κ3) is 5.62. The number of ether oxygens (including phenoxy) is 1. The quantitative estimate of drug-likeness (QED) is 0.588. The van der Waals surface area contributed by atoms with E-state index in [2.05, 4.69) is 23.2 Å². The minimum Gasteiger partial charge on any atom is -0.465 e. The maximum Gasteiger partial charge on any atom is 0.337 e. The van der Waals surface area contributed by atoms with Crippen molar-refractivity contribution in [1.82, 2.24) is 4.90 Å². The van der Waals surface area contributed by atoms with Crippen LogP contribution in [0.4, 0.5) is 5.69 Å². The van der Waals surface area contributed by atoms with Crippen LogP contribution in [0.1, 0.15) is 10.4 Å². The molecule has 0 radical (unpaired) electrons. The molecule has 0 atom stereocenters. The molecule has 0 aliphatic rings. The number of esters is 1. The minimum absolute atomic E-state index is 0.135. The third-order valence-corrected chi connectivity index (χ3v) is 2.73. The van der Waals surface area contributed by atoms with Gasteiger partial charge in [0.1, 0.15) is 0 Å². The van der Waals surface area contributed by atoms with Crippen LogP contribution in [0.15, 0.2) is 49.6 Å². The number of rotatable bonds is 8. The molecule has 112 valence electrons. The van der Waals surface area contributed by atoms with Crippen molar-refractivity contribution in [3.05, 3.63) is 55.1 Å². The average molecular weight is 288 g/mol. The van der Waals surface area contributed by atoms with Crippen molar-refractivity contribution in [1.29, 1.82) is 0 Å². The Morgan fingerprint density at radius 2 is 1.76 bits per heavy atom. The van der Waals surface area contributed by atoms with Gasteiger partial charge in [-0.15, -0.1) is 13.2 Å². The average Bonchev–Trinajstić information content (AvgIpc) is 2.47. The predicted molar refractivity (Wildman–Crippen MR) is 83.2 cm³/mol. The molecule has 5 heteroatoms. The van der Waals surface area contributed by atoms with Gasteiger partial charge in [-0.05, 0) is 24.3 Å². The fourth-order valence-electron chi connectivity index (χ4n) is 1.78. The number of methoxy groups -OCH3 is 1. The Labute approximate surface area is 124 Å². The smallest absolute Gasteiger partial charge is 0.337 e. The molecule has 1 aromatic rings. The molecule has 0 saturated heterocycles. The minimum atomic E-state index is -0.406. The second kappa shape index (κ2) is 8.71. The Morgan fingerprint density at radius 1 is 1.19 bits per heavy atom. The number of carbonyl (C=O) groups excluding carboxylic acids is 2. The second-order valence-electron chi connectivity index (χ2n) is 4.39. The summed E-state index contributed by atoms with van der Waals surface area (Å²) in [6.07, 6.45) is 3.48. The van der Waals surface area contributed by atoms with Gasteiger partial charge in [0.25, 0.3) is 0 Å². The summed E-state index contributed by atoms with van der Waals surface area (Å²) in [5, 5.41) is 2.77. The Balaban J connectivity index is 2.59. The maximum absolute atomic E-state index is 11.9. The maximum atomic E-state index is 11.9. The molecule has 21 heavy (non-hydrogen) atoms. The van der Waals surface area contributed by atoms with E-state index in [4.69, 9.17) is 0 Å². The van der Waals surface area contributed by atoms with E-state index in [0.29, 0.717) is 24.3 Å². The zero-order valence-electron chi connectivity index (χ0n) is 12.2. The van der Waals surface area contributed by atoms with Crippen LogP contribution in [0.5, 0.6) is 0 Å². The fraction of sp³-hybridized carbons (Fsp3) is 0.250. The first kappa shape index (κ1) is 16.7. The molecule has 0 heterocycles. The largest absolute Gasteiger partial charge is 0.465 e. The highest BCUT2D eigenvalue weighted by Crippen LogP contribution is 2.10. The van der Waals surface area contributed by atoms with Crippen LogP contribution >= 0.6 is 0 Å². The fourth-order valence-corrected chi connectivity index (χ4v) is 1.78. The first-order valence-corrected chi connectivity index (χ1v) is 6.53. The standard InChI is InChI=1S/C16H20N2O3/c1-4-10-18(11-5-2)12-15(19)17-14-8-6-13(7-9-14)16(20)21-3/h4-9H,1-2,10-12H2,3H3,(H,17,19). The van der Waals surface area contributed by atoms with E-state index >= 15 is 0 Å². The monoisotopic (exact) mass is 288 g/mol. The van der Waals surface area contributed by atoms with E-state index in [-0.39, 0.29) is 12.5 Å². The summed E-state index contributed by atoms with van der Waals surface area (Å²) in [6.45, 7) is 8.78. The molecule has 0 aromatic heterocycles. The van der Waals surface area contributed by atoms with E-state index in [1.807, 2.05) is 4.90 Å². The van der Waals surface area contributed by atoms with Gasteiger partial charge in [-0.3, -0.25) is 9.69 Å². The molecule has 1 N–H and O–H groups in total. The number of amides is 1. The Morgan fingerprint density at radius 3 is 2.24 bits per heavy atom. The molecule has 0 fully saturated rings. The Kier molecular flexibility index (Phi) is 6.91. The van der Waals surface area contributed by atoms with Crippen molar-refractivity contribution < 1.29 is 14.3 Å². The summed E-state index contributed by atoms with van der Waals surface area (Å²) in [5.74, 6) is -0.541. The lowest BCUT2D eigenvalue weighted by Crippen LogP contribution is -2.33. The van der Waals surface area contributed by atoms with E-state index in [0.717, 1.165) is 0 Å². The van der Waals surface area contributed by atoms with Crippen LogP contribution in [0.25, 0.3) is 0 Å². The molecular weight excluding hydrogens is 268 g/mol. The number of carbonyl (C=O) groups is 2. The zero-order chi connectivity index (χ0) is 15.7. The van der Waals surface area contributed by atoms with Crippen LogP contribution in [-0.4, -0.2) is 43.5 Å². The van der Waals surface area contributed by atoms with Crippen LogP contribution in [0, 0.1) is 0 Å². The van der Waals surface area contributed by atoms with Gasteiger partial charge in [-0.25, -0.2) is 4.79 Å². The summed E-state index contributed by atoms with van der Waals surface area (Å²) < 4.78 is 4.61. The van der Waals surface area contributed by atoms with Crippen LogP contribution in [0.2, 0.25) is 0 Å². The molecule has 0 bridgehead atoms. The van der Waals surface area contributed by atoms with E-state index < -0.39 is 5.97 Å². The third-order valence-electron chi connectivity index (χ3n) is 2.73. The zero-order valence-corrected chi connectivity index (χ0v) is 12.2. The summed E-state index contributed by atoms with van der Waals surface area (Å²) in [4.78, 5) is 25.1. The lowest BCUT2D eigenvalue weighted by Gasteiger charge is -2.18. The van der Waals surface area contributed by atoms with Crippen molar-refractivity contribution in [2.75, 3.05) is 32.1 Å². The van der Waals surface area contributed by atoms with Crippen molar-refractivity contribution >= 4 is 17.6 Å². The molecule has 0 spiro atoms. The van der Waals surface area contributed by atoms with E-state index in [1.165, 1.54) is 7.11 Å². The predicted octanol–water partition coefficient (Wildman–Crippen LogP) is 2.09. The van der Waals surface area contributed by atoms with Gasteiger partial charge in [0.15, 0.2) is 0 Å². The number of anilines is 1. The van der Waals surface area contributed by atoms with E-state index in [1.54, 1.807) is 36.4 Å². The van der Waals surface area contributed by atoms with Crippen molar-refractivity contribution in [3.63, 3.8) is 0 Å². The Bertz CT molecular complexity index is 499. The van der Waals surface area contributed by atoms with Crippen LogP contribution in [-0.2, 0) is 9.53 Å². The van der Waals surface area contributed by atoms with Gasteiger partial charge in [0, 0.05) is 18.8 Å². The first-order valence-electron chi connectivity index (χ1n) is 6.53. The summed E-state index contributed by atoms with van der Waals surface area (Å²) >= 11 is 0. The molecule has 0 saturated carbocycles. The Hall–Kier alpha value is -2.40. The highest BCUT2D eigenvalue weighted by atomic mass is 16.5. The molecule has 0 unspecified atom stereocenters. The van der Waals surface area contributed by atoms with Crippen molar-refractivity contribution in [2.45, 2.75) is 0 Å². The highest BCUT2D eigenvalue weighted by molar-refractivity contribution is 5.93.